The first-order valence-electron chi connectivity index (χ1n) is 11.9. The number of amides is 2. The minimum atomic E-state index is -2.00. The third-order valence-corrected chi connectivity index (χ3v) is 6.57. The third-order valence-electron chi connectivity index (χ3n) is 6.57. The fourth-order valence-electron chi connectivity index (χ4n) is 4.57. The molecule has 1 unspecified atom stereocenters. The molecule has 11 nitrogen and oxygen atoms in total. The summed E-state index contributed by atoms with van der Waals surface area (Å²) in [6.07, 6.45) is -1.34. The highest BCUT2D eigenvalue weighted by Crippen LogP contribution is 2.44. The highest BCUT2D eigenvalue weighted by molar-refractivity contribution is 5.89. The van der Waals surface area contributed by atoms with Gasteiger partial charge in [0.1, 0.15) is 0 Å². The number of carbonyl (C=O) groups is 3. The number of likely N-dealkylation sites (tertiary alicyclic amines) is 1. The van der Waals surface area contributed by atoms with Crippen LogP contribution in [0.2, 0.25) is 0 Å². The maximum absolute atomic E-state index is 15.8. The number of hydrogen-bond donors (Lipinski definition) is 1. The predicted octanol–water partition coefficient (Wildman–Crippen LogP) is 2.73. The van der Waals surface area contributed by atoms with Gasteiger partial charge in [-0.1, -0.05) is 6.92 Å². The van der Waals surface area contributed by atoms with Crippen molar-refractivity contribution in [3.8, 4) is 0 Å². The molecule has 3 heterocycles. The Labute approximate surface area is 204 Å². The van der Waals surface area contributed by atoms with E-state index in [2.05, 4.69) is 10.4 Å². The summed E-state index contributed by atoms with van der Waals surface area (Å²) in [5, 5.41) is 6.80. The molecule has 1 N–H and O–H groups in total. The molecule has 2 aliphatic rings. The Hall–Kier alpha value is -2.73. The lowest BCUT2D eigenvalue weighted by molar-refractivity contribution is -0.153. The van der Waals surface area contributed by atoms with Gasteiger partial charge in [0, 0.05) is 44.5 Å². The summed E-state index contributed by atoms with van der Waals surface area (Å²) in [5.41, 5.74) is -2.29. The smallest absolute Gasteiger partial charge is 0.435 e. The summed E-state index contributed by atoms with van der Waals surface area (Å²) in [4.78, 5) is 42.0. The number of hydrogen-bond acceptors (Lipinski definition) is 8. The lowest BCUT2D eigenvalue weighted by atomic mass is 9.90. The molecule has 1 aromatic rings. The van der Waals surface area contributed by atoms with Crippen molar-refractivity contribution < 1.29 is 33.0 Å². The Balaban J connectivity index is 1.93. The summed E-state index contributed by atoms with van der Waals surface area (Å²) in [6, 6.07) is 0. The number of nitrogens with one attached hydrogen (secondary N) is 1. The van der Waals surface area contributed by atoms with E-state index in [-0.39, 0.29) is 44.3 Å². The van der Waals surface area contributed by atoms with Crippen molar-refractivity contribution in [3.63, 3.8) is 0 Å². The Morgan fingerprint density at radius 2 is 1.83 bits per heavy atom. The van der Waals surface area contributed by atoms with Crippen molar-refractivity contribution >= 4 is 23.9 Å². The predicted molar refractivity (Wildman–Crippen MR) is 125 cm³/mol. The number of anilines is 1. The number of halogens is 1. The van der Waals surface area contributed by atoms with Crippen LogP contribution in [0.3, 0.4) is 0 Å². The maximum Gasteiger partial charge on any atom is 0.435 e. The van der Waals surface area contributed by atoms with Crippen LogP contribution >= 0.6 is 0 Å². The molecule has 0 aromatic carbocycles. The van der Waals surface area contributed by atoms with Crippen LogP contribution in [-0.4, -0.2) is 90.4 Å². The molecule has 0 aliphatic carbocycles. The molecule has 1 atom stereocenters. The summed E-state index contributed by atoms with van der Waals surface area (Å²) < 4.78 is 32.3. The van der Waals surface area contributed by atoms with E-state index in [0.717, 1.165) is 4.68 Å². The molecule has 2 amide bonds. The first kappa shape index (κ1) is 26.9. The second-order valence-electron chi connectivity index (χ2n) is 9.79. The standard InChI is InChI=1S/C23H36FN5O6/c1-7-34-20(31)25-18-16-12-28(19(30)23(24)8-10-27(5)11-9-23)22(3,4)17(16)29(26-18)21(32)35-14-15(2)13-33-6/h15H,7-14H2,1-6H3,(H,25,26,31). The number of carbonyl (C=O) groups excluding carboxylic acids is 3. The van der Waals surface area contributed by atoms with Crippen LogP contribution in [-0.2, 0) is 31.1 Å². The van der Waals surface area contributed by atoms with Crippen molar-refractivity contribution in [2.45, 2.75) is 58.3 Å². The van der Waals surface area contributed by atoms with Gasteiger partial charge in [-0.3, -0.25) is 10.1 Å². The van der Waals surface area contributed by atoms with E-state index in [1.807, 2.05) is 18.9 Å². The van der Waals surface area contributed by atoms with Gasteiger partial charge in [0.05, 0.1) is 37.6 Å². The zero-order valence-electron chi connectivity index (χ0n) is 21.4. The van der Waals surface area contributed by atoms with Crippen LogP contribution < -0.4 is 5.32 Å². The zero-order valence-corrected chi connectivity index (χ0v) is 21.4. The Kier molecular flexibility index (Phi) is 8.05. The van der Waals surface area contributed by atoms with E-state index in [0.29, 0.717) is 31.0 Å². The van der Waals surface area contributed by atoms with Gasteiger partial charge in [0.2, 0.25) is 0 Å². The van der Waals surface area contributed by atoms with Gasteiger partial charge in [-0.15, -0.1) is 5.10 Å². The minimum absolute atomic E-state index is 0.0161. The number of alkyl halides is 1. The largest absolute Gasteiger partial charge is 0.450 e. The monoisotopic (exact) mass is 497 g/mol. The van der Waals surface area contributed by atoms with Crippen LogP contribution in [0.4, 0.5) is 19.8 Å². The number of rotatable bonds is 7. The van der Waals surface area contributed by atoms with Gasteiger partial charge in [-0.05, 0) is 27.8 Å². The third kappa shape index (κ3) is 5.43. The van der Waals surface area contributed by atoms with Gasteiger partial charge in [0.25, 0.3) is 5.91 Å². The van der Waals surface area contributed by atoms with E-state index >= 15 is 4.39 Å². The molecule has 0 saturated carbocycles. The summed E-state index contributed by atoms with van der Waals surface area (Å²) >= 11 is 0. The Bertz CT molecular complexity index is 956. The molecule has 2 aliphatic heterocycles. The molecule has 1 saturated heterocycles. The molecule has 0 radical (unpaired) electrons. The van der Waals surface area contributed by atoms with Gasteiger partial charge in [0.15, 0.2) is 11.5 Å². The quantitative estimate of drug-likeness (QED) is 0.612. The molecule has 1 fully saturated rings. The number of fused-ring (bicyclic) bond motifs is 1. The van der Waals surface area contributed by atoms with Crippen molar-refractivity contribution in [1.29, 1.82) is 0 Å². The van der Waals surface area contributed by atoms with Crippen LogP contribution in [0.5, 0.6) is 0 Å². The summed E-state index contributed by atoms with van der Waals surface area (Å²) in [7, 11) is 3.45. The van der Waals surface area contributed by atoms with Gasteiger partial charge in [-0.2, -0.15) is 4.68 Å². The fraction of sp³-hybridized carbons (Fsp3) is 0.739. The van der Waals surface area contributed by atoms with Crippen LogP contribution in [0.15, 0.2) is 0 Å². The van der Waals surface area contributed by atoms with Crippen LogP contribution in [0.1, 0.15) is 51.8 Å². The molecule has 196 valence electrons. The first-order valence-corrected chi connectivity index (χ1v) is 11.9. The molecular formula is C23H36FN5O6. The van der Waals surface area contributed by atoms with Crippen LogP contribution in [0.25, 0.3) is 0 Å². The van der Waals surface area contributed by atoms with E-state index in [9.17, 15) is 14.4 Å². The molecule has 35 heavy (non-hydrogen) atoms. The van der Waals surface area contributed by atoms with Crippen molar-refractivity contribution in [2.75, 3.05) is 52.4 Å². The Morgan fingerprint density at radius 3 is 2.43 bits per heavy atom. The molecule has 0 spiro atoms. The van der Waals surface area contributed by atoms with Crippen molar-refractivity contribution in [1.82, 2.24) is 19.6 Å². The van der Waals surface area contributed by atoms with Gasteiger partial charge < -0.3 is 24.0 Å². The number of nitrogens with zero attached hydrogens (tertiary/aromatic N) is 4. The molecular weight excluding hydrogens is 461 g/mol. The second kappa shape index (κ2) is 10.5. The lowest BCUT2D eigenvalue weighted by Crippen LogP contribution is -2.54. The minimum Gasteiger partial charge on any atom is -0.450 e. The number of aromatic nitrogens is 2. The molecule has 0 bridgehead atoms. The molecule has 12 heteroatoms. The second-order valence-corrected chi connectivity index (χ2v) is 9.79. The van der Waals surface area contributed by atoms with Crippen molar-refractivity contribution in [3.05, 3.63) is 11.3 Å². The topological polar surface area (TPSA) is 115 Å². The van der Waals surface area contributed by atoms with E-state index in [1.54, 1.807) is 27.9 Å². The van der Waals surface area contributed by atoms with Gasteiger partial charge in [-0.25, -0.2) is 14.0 Å². The highest BCUT2D eigenvalue weighted by Gasteiger charge is 2.53. The van der Waals surface area contributed by atoms with E-state index < -0.39 is 29.3 Å². The number of piperidine rings is 1. The highest BCUT2D eigenvalue weighted by atomic mass is 19.1. The van der Waals surface area contributed by atoms with Crippen molar-refractivity contribution in [2.24, 2.45) is 5.92 Å². The lowest BCUT2D eigenvalue weighted by Gasteiger charge is -2.40. The van der Waals surface area contributed by atoms with Crippen LogP contribution in [0, 0.1) is 5.92 Å². The normalized spacial score (nSPS) is 19.7. The van der Waals surface area contributed by atoms with E-state index in [4.69, 9.17) is 14.2 Å². The fourth-order valence-corrected chi connectivity index (χ4v) is 4.57. The first-order chi connectivity index (χ1) is 16.4. The number of methoxy groups -OCH3 is 1. The zero-order chi connectivity index (χ0) is 26.0. The van der Waals surface area contributed by atoms with E-state index in [1.165, 1.54) is 4.90 Å². The summed E-state index contributed by atoms with van der Waals surface area (Å²) in [6.45, 7) is 8.54. The average molecular weight is 498 g/mol. The number of ether oxygens (including phenoxy) is 3. The van der Waals surface area contributed by atoms with Gasteiger partial charge >= 0.3 is 12.2 Å². The molecule has 1 aromatic heterocycles. The average Bonchev–Trinajstić information content (AvgIpc) is 3.29. The maximum atomic E-state index is 15.8. The molecule has 3 rings (SSSR count). The summed E-state index contributed by atoms with van der Waals surface area (Å²) in [5.74, 6) is -0.617. The Morgan fingerprint density at radius 1 is 1.17 bits per heavy atom. The SMILES string of the molecule is CCOC(=O)Nc1nn(C(=O)OCC(C)COC)c2c1CN(C(=O)C1(F)CCN(C)CC1)C2(C)C.